The Balaban J connectivity index is 0.000000140. The molecule has 23 aromatic rings. The van der Waals surface area contributed by atoms with E-state index >= 15 is 0 Å². The first-order valence-electron chi connectivity index (χ1n) is 37.9. The highest BCUT2D eigenvalue weighted by Gasteiger charge is 2.18. The molecule has 0 saturated heterocycles. The fourth-order valence-corrected chi connectivity index (χ4v) is 16.1. The summed E-state index contributed by atoms with van der Waals surface area (Å²) < 4.78 is 0. The van der Waals surface area contributed by atoms with Gasteiger partial charge in [-0.05, 0) is 155 Å². The van der Waals surface area contributed by atoms with Gasteiger partial charge in [-0.3, -0.25) is 29.9 Å². The lowest BCUT2D eigenvalue weighted by Gasteiger charge is -2.10. The van der Waals surface area contributed by atoms with Gasteiger partial charge < -0.3 is 0 Å². The molecule has 0 aliphatic carbocycles. The third-order valence-corrected chi connectivity index (χ3v) is 22.0. The van der Waals surface area contributed by atoms with Gasteiger partial charge in [-0.2, -0.15) is 0 Å². The zero-order valence-electron chi connectivity index (χ0n) is 61.0. The van der Waals surface area contributed by atoms with Gasteiger partial charge in [-0.1, -0.05) is 206 Å². The number of fused-ring (bicyclic) bond motifs is 16. The van der Waals surface area contributed by atoms with Gasteiger partial charge in [0.2, 0.25) is 0 Å². The van der Waals surface area contributed by atoms with Gasteiger partial charge in [0.25, 0.3) is 0 Å². The Bertz CT molecular complexity index is 7870. The van der Waals surface area contributed by atoms with Crippen LogP contribution in [0.4, 0.5) is 0 Å². The first-order valence-corrected chi connectivity index (χ1v) is 37.9. The van der Waals surface area contributed by atoms with Crippen LogP contribution in [0.3, 0.4) is 0 Å². The third kappa shape index (κ3) is 11.7. The second kappa shape index (κ2) is 27.2. The molecule has 0 atom stereocenters. The molecule has 114 heavy (non-hydrogen) atoms. The predicted octanol–water partition coefficient (Wildman–Crippen LogP) is 25.0. The van der Waals surface area contributed by atoms with Crippen LogP contribution in [0.25, 0.3) is 232 Å². The van der Waals surface area contributed by atoms with E-state index < -0.39 is 0 Å². The van der Waals surface area contributed by atoms with Crippen LogP contribution in [-0.2, 0) is 0 Å². The van der Waals surface area contributed by atoms with Crippen LogP contribution >= 0.6 is 0 Å². The van der Waals surface area contributed by atoms with Crippen LogP contribution in [-0.4, -0.2) is 59.8 Å². The Hall–Kier alpha value is -15.7. The first kappa shape index (κ1) is 65.4. The molecule has 0 fully saturated rings. The quantitative estimate of drug-likeness (QED) is 0.126. The number of pyridine rings is 12. The van der Waals surface area contributed by atoms with Crippen molar-refractivity contribution in [2.75, 3.05) is 0 Å². The number of benzene rings is 11. The zero-order valence-corrected chi connectivity index (χ0v) is 61.0. The lowest BCUT2D eigenvalue weighted by molar-refractivity contribution is 1.36. The predicted molar refractivity (Wildman–Crippen MR) is 465 cm³/mol. The topological polar surface area (TPSA) is 155 Å². The summed E-state index contributed by atoms with van der Waals surface area (Å²) in [7, 11) is 0. The molecular formula is C102H60N12. The smallest absolute Gasteiger partial charge is 0.0972 e. The van der Waals surface area contributed by atoms with Gasteiger partial charge in [0.05, 0.1) is 100 Å². The van der Waals surface area contributed by atoms with Crippen molar-refractivity contribution in [2.24, 2.45) is 0 Å². The molecule has 11 aromatic carbocycles. The average Bonchev–Trinajstić information content (AvgIpc) is 0.765. The Morgan fingerprint density at radius 3 is 0.798 bits per heavy atom. The number of hydrogen-bond donors (Lipinski definition) is 0. The van der Waals surface area contributed by atoms with Crippen molar-refractivity contribution in [2.45, 2.75) is 0 Å². The average molecular weight is 1450 g/mol. The number of rotatable bonds is 9. The van der Waals surface area contributed by atoms with E-state index in [1.54, 1.807) is 0 Å². The van der Waals surface area contributed by atoms with E-state index in [1.807, 2.05) is 85.7 Å². The maximum absolute atomic E-state index is 5.15. The Labute approximate surface area is 652 Å². The second-order valence-corrected chi connectivity index (χ2v) is 28.7. The fourth-order valence-electron chi connectivity index (χ4n) is 16.1. The van der Waals surface area contributed by atoms with Gasteiger partial charge >= 0.3 is 0 Å². The lowest BCUT2D eigenvalue weighted by Crippen LogP contribution is -1.91. The van der Waals surface area contributed by atoms with Crippen molar-refractivity contribution in [1.29, 1.82) is 0 Å². The SMILES string of the molecule is c1ccc(-c2ccc3ccc4ccc(-c5ccc(-c6ccc7cc(-c8ccc9nc(-c%10ccnc%11c%10ccc%10cccnc%10%11)ccc9c8)ccc7n6)cc5)nc4c3n2)cc1.c1cnc2c(c1)ccc1c(-c3ccc(-c4ccc5cc(-c6ccc7nc(-c8ccnc9c8ccc8cccnc89)ccc7c6)ccc5n4)cc3)ccnc12. The molecule has 12 aromatic heterocycles. The standard InChI is InChI=1S/C54H32N6.C48H28N6/c1-2-5-33(6-3-1)46-22-15-37-12-13-38-16-23-47(60-53(38)52(37)59-46)35-10-8-34(9-11-35)45-26-19-41-31-39(17-24-48(41)57-45)40-18-25-49-42(32-40)20-27-50(58-49)43-28-30-56-54-44(43)21-14-36-7-4-29-55-51(36)54;1-3-31-9-15-39-37(21-25-51-47(39)45(31)49-23-1)29-5-7-30(8-6-29)41-19-13-35-27-33(11-17-42(35)53-41)34-12-18-43-36(28-34)14-20-44(54-43)38-22-26-52-48-40(38)16-10-32-4-2-24-50-46(32)48/h1-32H;1-28H. The monoisotopic (exact) mass is 1450 g/mol. The second-order valence-electron chi connectivity index (χ2n) is 28.7. The Morgan fingerprint density at radius 1 is 0.140 bits per heavy atom. The molecule has 528 valence electrons. The third-order valence-electron chi connectivity index (χ3n) is 22.0. The van der Waals surface area contributed by atoms with E-state index in [-0.39, 0.29) is 0 Å². The van der Waals surface area contributed by atoms with Gasteiger partial charge in [-0.25, -0.2) is 29.9 Å². The van der Waals surface area contributed by atoms with E-state index in [0.29, 0.717) is 0 Å². The molecular weight excluding hydrogens is 1390 g/mol. The molecule has 23 rings (SSSR count). The minimum atomic E-state index is 0.888. The molecule has 12 heteroatoms. The maximum Gasteiger partial charge on any atom is 0.0972 e. The molecule has 0 spiro atoms. The summed E-state index contributed by atoms with van der Waals surface area (Å²) in [6.45, 7) is 0. The van der Waals surface area contributed by atoms with Gasteiger partial charge in [-0.15, -0.1) is 0 Å². The number of hydrogen-bond acceptors (Lipinski definition) is 12. The summed E-state index contributed by atoms with van der Waals surface area (Å²) in [5.41, 5.74) is 29.7. The highest BCUT2D eigenvalue weighted by Crippen LogP contribution is 2.39. The van der Waals surface area contributed by atoms with Crippen LogP contribution in [0, 0.1) is 0 Å². The van der Waals surface area contributed by atoms with E-state index in [9.17, 15) is 0 Å². The van der Waals surface area contributed by atoms with Crippen LogP contribution in [0.15, 0.2) is 365 Å². The first-order chi connectivity index (χ1) is 56.4. The van der Waals surface area contributed by atoms with Gasteiger partial charge in [0.15, 0.2) is 0 Å². The summed E-state index contributed by atoms with van der Waals surface area (Å²) in [6, 6.07) is 114. The van der Waals surface area contributed by atoms with Crippen molar-refractivity contribution >= 4 is 131 Å². The summed E-state index contributed by atoms with van der Waals surface area (Å²) in [6.07, 6.45) is 11.0. The van der Waals surface area contributed by atoms with Crippen LogP contribution < -0.4 is 0 Å². The zero-order chi connectivity index (χ0) is 75.2. The van der Waals surface area contributed by atoms with E-state index in [4.69, 9.17) is 29.9 Å². The molecule has 0 aliphatic heterocycles. The van der Waals surface area contributed by atoms with Crippen molar-refractivity contribution in [3.63, 3.8) is 0 Å². The largest absolute Gasteiger partial charge is 0.254 e. The van der Waals surface area contributed by atoms with Crippen LogP contribution in [0.5, 0.6) is 0 Å². The number of nitrogens with zero attached hydrogens (tertiary/aromatic N) is 12. The van der Waals surface area contributed by atoms with Crippen molar-refractivity contribution in [1.82, 2.24) is 59.8 Å². The van der Waals surface area contributed by atoms with Crippen LogP contribution in [0.1, 0.15) is 0 Å². The summed E-state index contributed by atoms with van der Waals surface area (Å²) >= 11 is 0. The molecule has 12 nitrogen and oxygen atoms in total. The molecule has 0 amide bonds. The minimum absolute atomic E-state index is 0.888. The molecule has 0 N–H and O–H groups in total. The maximum atomic E-state index is 5.15. The molecule has 0 saturated carbocycles. The molecule has 0 unspecified atom stereocenters. The minimum Gasteiger partial charge on any atom is -0.254 e. The summed E-state index contributed by atoms with van der Waals surface area (Å²) in [4.78, 5) is 58.4. The molecule has 12 heterocycles. The summed E-state index contributed by atoms with van der Waals surface area (Å²) in [5.74, 6) is 0. The fraction of sp³-hybridized carbons (Fsp3) is 0. The number of aromatic nitrogens is 12. The molecule has 0 bridgehead atoms. The lowest BCUT2D eigenvalue weighted by atomic mass is 9.98. The van der Waals surface area contributed by atoms with E-state index in [0.717, 1.165) is 232 Å². The van der Waals surface area contributed by atoms with Crippen molar-refractivity contribution in [3.05, 3.63) is 365 Å². The van der Waals surface area contributed by atoms with Crippen molar-refractivity contribution < 1.29 is 0 Å². The van der Waals surface area contributed by atoms with E-state index in [2.05, 4.69) is 309 Å². The van der Waals surface area contributed by atoms with Crippen LogP contribution in [0.2, 0.25) is 0 Å². The Morgan fingerprint density at radius 2 is 0.412 bits per heavy atom. The normalized spacial score (nSPS) is 11.7. The van der Waals surface area contributed by atoms with Gasteiger partial charge in [0.1, 0.15) is 0 Å². The highest BCUT2D eigenvalue weighted by atomic mass is 14.8. The van der Waals surface area contributed by atoms with Crippen molar-refractivity contribution in [3.8, 4) is 101 Å². The highest BCUT2D eigenvalue weighted by molar-refractivity contribution is 6.11. The molecule has 0 aliphatic rings. The Kier molecular flexibility index (Phi) is 15.6. The molecule has 0 radical (unpaired) electrons. The van der Waals surface area contributed by atoms with E-state index in [1.165, 1.54) is 0 Å². The summed E-state index contributed by atoms with van der Waals surface area (Å²) in [5, 5.41) is 12.9. The van der Waals surface area contributed by atoms with Gasteiger partial charge in [0, 0.05) is 135 Å².